The van der Waals surface area contributed by atoms with Crippen molar-refractivity contribution < 1.29 is 0 Å². The van der Waals surface area contributed by atoms with E-state index in [0.29, 0.717) is 0 Å². The molecule has 0 aliphatic heterocycles. The summed E-state index contributed by atoms with van der Waals surface area (Å²) in [6, 6.07) is 55.0. The largest absolute Gasteiger partial charge is 0.256 e. The number of rotatable bonds is 4. The number of hydrogen-bond acceptors (Lipinski definition) is 1. The maximum Gasteiger partial charge on any atom is 0.0731 e. The van der Waals surface area contributed by atoms with E-state index in [0.717, 1.165) is 11.3 Å². The Balaban J connectivity index is 1.45. The van der Waals surface area contributed by atoms with Gasteiger partial charge in [0.15, 0.2) is 0 Å². The summed E-state index contributed by atoms with van der Waals surface area (Å²) in [6.45, 7) is 2.12. The highest BCUT2D eigenvalue weighted by molar-refractivity contribution is 6.17. The van der Waals surface area contributed by atoms with Crippen LogP contribution in [0.4, 0.5) is 0 Å². The van der Waals surface area contributed by atoms with Crippen LogP contribution in [0.2, 0.25) is 0 Å². The zero-order valence-corrected chi connectivity index (χ0v) is 24.0. The smallest absolute Gasteiger partial charge is 0.0731 e. The van der Waals surface area contributed by atoms with E-state index in [-0.39, 0.29) is 0 Å². The number of fused-ring (bicyclic) bond motifs is 3. The first-order valence-electron chi connectivity index (χ1n) is 14.8. The van der Waals surface area contributed by atoms with Crippen molar-refractivity contribution in [1.29, 1.82) is 0 Å². The summed E-state index contributed by atoms with van der Waals surface area (Å²) in [7, 11) is 0. The molecule has 0 saturated heterocycles. The van der Waals surface area contributed by atoms with Crippen LogP contribution in [0.5, 0.6) is 0 Å². The van der Waals surface area contributed by atoms with Crippen molar-refractivity contribution in [2.24, 2.45) is 0 Å². The predicted octanol–water partition coefficient (Wildman–Crippen LogP) is 11.5. The van der Waals surface area contributed by atoms with Crippen molar-refractivity contribution in [3.05, 3.63) is 163 Å². The molecule has 8 rings (SSSR count). The molecule has 0 radical (unpaired) electrons. The van der Waals surface area contributed by atoms with Crippen LogP contribution in [-0.2, 0) is 0 Å². The topological polar surface area (TPSA) is 12.9 Å². The lowest BCUT2D eigenvalue weighted by Crippen LogP contribution is -1.92. The van der Waals surface area contributed by atoms with E-state index in [2.05, 4.69) is 153 Å². The van der Waals surface area contributed by atoms with Gasteiger partial charge in [-0.25, -0.2) is 0 Å². The van der Waals surface area contributed by atoms with E-state index >= 15 is 0 Å². The van der Waals surface area contributed by atoms with Crippen molar-refractivity contribution in [3.63, 3.8) is 0 Å². The Kier molecular flexibility index (Phi) is 6.09. The lowest BCUT2D eigenvalue weighted by molar-refractivity contribution is 1.27. The maximum absolute atomic E-state index is 4.71. The number of benzene rings is 7. The maximum atomic E-state index is 4.71. The van der Waals surface area contributed by atoms with E-state index in [1.807, 2.05) is 12.3 Å². The lowest BCUT2D eigenvalue weighted by atomic mass is 9.85. The van der Waals surface area contributed by atoms with Gasteiger partial charge in [-0.2, -0.15) is 0 Å². The molecule has 0 spiro atoms. The summed E-state index contributed by atoms with van der Waals surface area (Å²) < 4.78 is 0. The van der Waals surface area contributed by atoms with Crippen LogP contribution in [0.15, 0.2) is 158 Å². The van der Waals surface area contributed by atoms with E-state index in [4.69, 9.17) is 4.98 Å². The molecule has 1 nitrogen and oxygen atoms in total. The van der Waals surface area contributed by atoms with Gasteiger partial charge in [0, 0.05) is 11.8 Å². The molecule has 0 fully saturated rings. The second-order valence-corrected chi connectivity index (χ2v) is 11.2. The molecule has 43 heavy (non-hydrogen) atoms. The zero-order valence-electron chi connectivity index (χ0n) is 24.0. The quantitative estimate of drug-likeness (QED) is 0.213. The fraction of sp³-hybridized carbons (Fsp3) is 0.0238. The lowest BCUT2D eigenvalue weighted by Gasteiger charge is -2.18. The Labute approximate surface area is 251 Å². The third-order valence-electron chi connectivity index (χ3n) is 8.66. The van der Waals surface area contributed by atoms with Crippen molar-refractivity contribution >= 4 is 32.3 Å². The molecule has 1 heterocycles. The van der Waals surface area contributed by atoms with Gasteiger partial charge in [-0.05, 0) is 90.3 Å². The molecule has 202 valence electrons. The zero-order chi connectivity index (χ0) is 28.8. The van der Waals surface area contributed by atoms with Crippen LogP contribution < -0.4 is 0 Å². The number of pyridine rings is 1. The van der Waals surface area contributed by atoms with E-state index in [1.165, 1.54) is 71.3 Å². The first-order chi connectivity index (χ1) is 21.3. The van der Waals surface area contributed by atoms with Gasteiger partial charge in [0.25, 0.3) is 0 Å². The summed E-state index contributed by atoms with van der Waals surface area (Å²) in [4.78, 5) is 4.71. The fourth-order valence-electron chi connectivity index (χ4n) is 6.65. The van der Waals surface area contributed by atoms with E-state index in [9.17, 15) is 0 Å². The fourth-order valence-corrected chi connectivity index (χ4v) is 6.65. The molecular weight excluding hydrogens is 518 g/mol. The monoisotopic (exact) mass is 547 g/mol. The highest BCUT2D eigenvalue weighted by atomic mass is 14.7. The summed E-state index contributed by atoms with van der Waals surface area (Å²) in [5.41, 5.74) is 10.7. The highest BCUT2D eigenvalue weighted by Gasteiger charge is 2.17. The van der Waals surface area contributed by atoms with Crippen LogP contribution in [-0.4, -0.2) is 4.98 Å². The minimum atomic E-state index is 1.03. The summed E-state index contributed by atoms with van der Waals surface area (Å²) in [5, 5.41) is 7.54. The van der Waals surface area contributed by atoms with Crippen molar-refractivity contribution in [2.45, 2.75) is 6.92 Å². The van der Waals surface area contributed by atoms with Gasteiger partial charge < -0.3 is 0 Å². The molecular formula is C42H29N. The van der Waals surface area contributed by atoms with Crippen molar-refractivity contribution in [1.82, 2.24) is 4.98 Å². The third-order valence-corrected chi connectivity index (χ3v) is 8.66. The molecule has 7 aromatic carbocycles. The van der Waals surface area contributed by atoms with Crippen LogP contribution in [0.25, 0.3) is 77.0 Å². The Morgan fingerprint density at radius 1 is 0.395 bits per heavy atom. The van der Waals surface area contributed by atoms with Gasteiger partial charge in [-0.15, -0.1) is 0 Å². The normalized spacial score (nSPS) is 11.4. The van der Waals surface area contributed by atoms with Crippen LogP contribution >= 0.6 is 0 Å². The molecule has 0 saturated carbocycles. The van der Waals surface area contributed by atoms with Crippen LogP contribution in [0, 0.1) is 6.92 Å². The van der Waals surface area contributed by atoms with Gasteiger partial charge in [0.05, 0.1) is 5.69 Å². The highest BCUT2D eigenvalue weighted by Crippen LogP contribution is 2.44. The molecule has 0 N–H and O–H groups in total. The van der Waals surface area contributed by atoms with Crippen LogP contribution in [0.1, 0.15) is 5.56 Å². The van der Waals surface area contributed by atoms with Crippen LogP contribution in [0.3, 0.4) is 0 Å². The number of nitrogens with zero attached hydrogens (tertiary/aromatic N) is 1. The average molecular weight is 548 g/mol. The molecule has 8 aromatic rings. The molecule has 0 atom stereocenters. The van der Waals surface area contributed by atoms with Gasteiger partial charge in [-0.3, -0.25) is 4.98 Å². The van der Waals surface area contributed by atoms with Crippen molar-refractivity contribution in [3.8, 4) is 44.6 Å². The first kappa shape index (κ1) is 25.2. The standard InChI is InChI=1S/C42H29N/c1-28-11-10-26-43-42(28)32-17-6-16-31(27-32)35-24-25-40(37-21-8-15-30-13-3-5-19-34(30)37)41-38(35)22-9-23-39(41)36-20-7-14-29-12-2-4-18-33(29)36/h2-27H,1H3. The Morgan fingerprint density at radius 3 is 1.65 bits per heavy atom. The van der Waals surface area contributed by atoms with Gasteiger partial charge >= 0.3 is 0 Å². The Hall–Kier alpha value is -5.53. The number of aromatic nitrogens is 1. The SMILES string of the molecule is Cc1cccnc1-c1cccc(-c2ccc(-c3cccc4ccccc34)c3c(-c4cccc5ccccc45)cccc23)c1. The summed E-state index contributed by atoms with van der Waals surface area (Å²) in [6.07, 6.45) is 1.87. The molecule has 0 unspecified atom stereocenters. The molecule has 0 aliphatic carbocycles. The summed E-state index contributed by atoms with van der Waals surface area (Å²) >= 11 is 0. The molecule has 0 aliphatic rings. The Morgan fingerprint density at radius 2 is 0.930 bits per heavy atom. The number of aryl methyl sites for hydroxylation is 1. The van der Waals surface area contributed by atoms with E-state index in [1.54, 1.807) is 0 Å². The van der Waals surface area contributed by atoms with E-state index < -0.39 is 0 Å². The van der Waals surface area contributed by atoms with Crippen molar-refractivity contribution in [2.75, 3.05) is 0 Å². The van der Waals surface area contributed by atoms with Gasteiger partial charge in [0.1, 0.15) is 0 Å². The predicted molar refractivity (Wildman–Crippen MR) is 183 cm³/mol. The average Bonchev–Trinajstić information content (AvgIpc) is 3.07. The first-order valence-corrected chi connectivity index (χ1v) is 14.8. The number of hydrogen-bond donors (Lipinski definition) is 0. The summed E-state index contributed by atoms with van der Waals surface area (Å²) in [5.74, 6) is 0. The minimum Gasteiger partial charge on any atom is -0.256 e. The minimum absolute atomic E-state index is 1.03. The molecule has 0 bridgehead atoms. The Bertz CT molecular complexity index is 2210. The second-order valence-electron chi connectivity index (χ2n) is 11.2. The third kappa shape index (κ3) is 4.29. The van der Waals surface area contributed by atoms with Gasteiger partial charge in [-0.1, -0.05) is 140 Å². The molecule has 1 heteroatoms. The molecule has 0 amide bonds. The van der Waals surface area contributed by atoms with Gasteiger partial charge in [0.2, 0.25) is 0 Å². The molecule has 1 aromatic heterocycles. The second kappa shape index (κ2) is 10.4.